The molecule has 2 fully saturated rings. The summed E-state index contributed by atoms with van der Waals surface area (Å²) < 4.78 is 34.1. The molecule has 2 aliphatic heterocycles. The highest BCUT2D eigenvalue weighted by Gasteiger charge is 2.61. The van der Waals surface area contributed by atoms with Crippen LogP contribution in [0.3, 0.4) is 0 Å². The number of allylic oxidation sites excluding steroid dienone is 1. The van der Waals surface area contributed by atoms with Crippen LogP contribution in [-0.4, -0.2) is 66.9 Å². The maximum Gasteiger partial charge on any atom is 0.408 e. The fourth-order valence-corrected chi connectivity index (χ4v) is 8.14. The summed E-state index contributed by atoms with van der Waals surface area (Å²) >= 11 is 18.1. The number of amides is 4. The molecular weight excluding hydrogens is 655 g/mol. The van der Waals surface area contributed by atoms with E-state index in [9.17, 15) is 27.6 Å². The third-order valence-corrected chi connectivity index (χ3v) is 10.2. The van der Waals surface area contributed by atoms with Crippen LogP contribution in [0.25, 0.3) is 0 Å². The van der Waals surface area contributed by atoms with Gasteiger partial charge in [0.2, 0.25) is 5.91 Å². The standard InChI is InChI=1S/C29H37Cl3N4O7S/c1-28(2,3)34-27(40)43-22-12-8-6-4-5-7-10-17-16-29(17,33-24(37)21-11-9-13-36(21)25(22)38)26(39)35-44(41,42)23-19(31)14-18(30)15-20(23)32/h7,10,14-15,17,21-22H,4-6,8-9,11-13,16H2,1-3H3,(H,33,37)(H,34,40)(H,35,39)/t17-,21+,22+,29-/m1/s1. The van der Waals surface area contributed by atoms with Crippen molar-refractivity contribution in [1.82, 2.24) is 20.3 Å². The van der Waals surface area contributed by atoms with Crippen LogP contribution in [-0.2, 0) is 29.1 Å². The van der Waals surface area contributed by atoms with E-state index in [2.05, 4.69) is 10.6 Å². The van der Waals surface area contributed by atoms with E-state index in [0.29, 0.717) is 32.1 Å². The first-order valence-corrected chi connectivity index (χ1v) is 17.2. The Morgan fingerprint density at radius 2 is 1.73 bits per heavy atom. The van der Waals surface area contributed by atoms with Gasteiger partial charge >= 0.3 is 6.09 Å². The van der Waals surface area contributed by atoms with Crippen molar-refractivity contribution in [3.63, 3.8) is 0 Å². The SMILES string of the molecule is CC(C)(C)NC(=O)O[C@H]1CCCCCC=C[C@@H]2C[C@@]2(C(=O)NS(=O)(=O)c2c(Cl)cc(Cl)cc2Cl)NC(=O)[C@@H]2CCCN2C1=O. The Morgan fingerprint density at radius 3 is 2.39 bits per heavy atom. The van der Waals surface area contributed by atoms with Crippen LogP contribution in [0.2, 0.25) is 15.1 Å². The normalized spacial score (nSPS) is 26.4. The van der Waals surface area contributed by atoms with E-state index in [1.807, 2.05) is 10.8 Å². The highest BCUT2D eigenvalue weighted by Crippen LogP contribution is 2.46. The number of carbonyl (C=O) groups is 4. The molecule has 0 bridgehead atoms. The van der Waals surface area contributed by atoms with Gasteiger partial charge in [-0.1, -0.05) is 53.4 Å². The van der Waals surface area contributed by atoms with Crippen molar-refractivity contribution in [1.29, 1.82) is 0 Å². The molecule has 3 N–H and O–H groups in total. The van der Waals surface area contributed by atoms with E-state index < -0.39 is 67.9 Å². The molecule has 1 aromatic carbocycles. The monoisotopic (exact) mass is 690 g/mol. The topological polar surface area (TPSA) is 151 Å². The van der Waals surface area contributed by atoms with Gasteiger partial charge in [-0.2, -0.15) is 0 Å². The number of carbonyl (C=O) groups excluding carboxylic acids is 4. The molecule has 0 radical (unpaired) electrons. The van der Waals surface area contributed by atoms with Crippen molar-refractivity contribution in [2.24, 2.45) is 5.92 Å². The van der Waals surface area contributed by atoms with Gasteiger partial charge in [-0.05, 0) is 77.8 Å². The molecule has 4 atom stereocenters. The summed E-state index contributed by atoms with van der Waals surface area (Å²) in [5, 5.41) is 5.03. The average Bonchev–Trinajstić information content (AvgIpc) is 3.34. The Morgan fingerprint density at radius 1 is 1.05 bits per heavy atom. The third kappa shape index (κ3) is 7.99. The maximum absolute atomic E-state index is 13.7. The molecule has 4 rings (SSSR count). The van der Waals surface area contributed by atoms with Crippen LogP contribution in [0.5, 0.6) is 0 Å². The lowest BCUT2D eigenvalue weighted by Gasteiger charge is -2.30. The van der Waals surface area contributed by atoms with Crippen molar-refractivity contribution in [3.05, 3.63) is 39.4 Å². The quantitative estimate of drug-likeness (QED) is 0.386. The number of benzene rings is 1. The van der Waals surface area contributed by atoms with E-state index in [0.717, 1.165) is 12.8 Å². The summed E-state index contributed by atoms with van der Waals surface area (Å²) in [6, 6.07) is 1.45. The fraction of sp³-hybridized carbons (Fsp3) is 0.586. The van der Waals surface area contributed by atoms with E-state index in [-0.39, 0.29) is 28.0 Å². The first kappa shape index (κ1) is 34.3. The second-order valence-electron chi connectivity index (χ2n) is 12.4. The van der Waals surface area contributed by atoms with Crippen molar-refractivity contribution in [3.8, 4) is 0 Å². The third-order valence-electron chi connectivity index (χ3n) is 7.77. The molecule has 242 valence electrons. The number of nitrogens with zero attached hydrogens (tertiary/aromatic N) is 1. The van der Waals surface area contributed by atoms with Gasteiger partial charge in [0, 0.05) is 23.0 Å². The van der Waals surface area contributed by atoms with Crippen LogP contribution >= 0.6 is 34.8 Å². The summed E-state index contributed by atoms with van der Waals surface area (Å²) in [6.45, 7) is 5.65. The number of sulfonamides is 1. The first-order chi connectivity index (χ1) is 20.5. The molecule has 44 heavy (non-hydrogen) atoms. The Labute approximate surface area is 272 Å². The lowest BCUT2D eigenvalue weighted by atomic mass is 10.1. The summed E-state index contributed by atoms with van der Waals surface area (Å²) in [5.41, 5.74) is -2.15. The zero-order valence-corrected chi connectivity index (χ0v) is 27.8. The summed E-state index contributed by atoms with van der Waals surface area (Å²) in [5.74, 6) is -2.52. The first-order valence-electron chi connectivity index (χ1n) is 14.5. The minimum atomic E-state index is -4.56. The molecule has 4 amide bonds. The predicted octanol–water partition coefficient (Wildman–Crippen LogP) is 4.73. The number of fused-ring (bicyclic) bond motifs is 2. The summed E-state index contributed by atoms with van der Waals surface area (Å²) in [6.07, 6.45) is 6.00. The number of halogens is 3. The average molecular weight is 692 g/mol. The number of alkyl carbamates (subject to hydrolysis) is 1. The van der Waals surface area contributed by atoms with Gasteiger partial charge < -0.3 is 20.3 Å². The molecule has 1 saturated carbocycles. The van der Waals surface area contributed by atoms with Gasteiger partial charge in [-0.25, -0.2) is 17.9 Å². The molecule has 2 heterocycles. The second-order valence-corrected chi connectivity index (χ2v) is 15.3. The Hall–Kier alpha value is -2.54. The van der Waals surface area contributed by atoms with Crippen LogP contribution in [0.15, 0.2) is 29.2 Å². The fourth-order valence-electron chi connectivity index (χ4n) is 5.55. The van der Waals surface area contributed by atoms with E-state index in [1.54, 1.807) is 26.8 Å². The molecule has 1 aromatic rings. The predicted molar refractivity (Wildman–Crippen MR) is 166 cm³/mol. The molecule has 1 aliphatic carbocycles. The van der Waals surface area contributed by atoms with Gasteiger partial charge in [0.05, 0.1) is 10.0 Å². The number of rotatable bonds is 4. The van der Waals surface area contributed by atoms with Crippen molar-refractivity contribution >= 4 is 68.6 Å². The van der Waals surface area contributed by atoms with Crippen LogP contribution in [0, 0.1) is 5.92 Å². The van der Waals surface area contributed by atoms with Gasteiger partial charge in [-0.3, -0.25) is 14.4 Å². The smallest absolute Gasteiger partial charge is 0.408 e. The second kappa shape index (κ2) is 13.4. The number of hydrogen-bond donors (Lipinski definition) is 3. The van der Waals surface area contributed by atoms with Crippen molar-refractivity contribution in [2.45, 2.75) is 100 Å². The van der Waals surface area contributed by atoms with E-state index >= 15 is 0 Å². The lowest BCUT2D eigenvalue weighted by Crippen LogP contribution is -2.57. The van der Waals surface area contributed by atoms with Crippen molar-refractivity contribution in [2.75, 3.05) is 6.54 Å². The molecule has 0 spiro atoms. The van der Waals surface area contributed by atoms with Crippen molar-refractivity contribution < 1.29 is 32.3 Å². The molecule has 15 heteroatoms. The van der Waals surface area contributed by atoms with Gasteiger partial charge in [-0.15, -0.1) is 0 Å². The summed E-state index contributed by atoms with van der Waals surface area (Å²) in [7, 11) is -4.56. The van der Waals surface area contributed by atoms with Crippen LogP contribution in [0.4, 0.5) is 4.79 Å². The highest BCUT2D eigenvalue weighted by molar-refractivity contribution is 7.90. The molecular formula is C29H37Cl3N4O7S. The lowest BCUT2D eigenvalue weighted by molar-refractivity contribution is -0.146. The Kier molecular flexibility index (Phi) is 10.5. The zero-order chi connectivity index (χ0) is 32.4. The van der Waals surface area contributed by atoms with Crippen LogP contribution < -0.4 is 15.4 Å². The number of ether oxygens (including phenoxy) is 1. The number of hydrogen-bond acceptors (Lipinski definition) is 7. The molecule has 3 aliphatic rings. The highest BCUT2D eigenvalue weighted by atomic mass is 35.5. The number of nitrogens with one attached hydrogen (secondary N) is 3. The Balaban J connectivity index is 1.59. The molecule has 1 saturated heterocycles. The molecule has 0 unspecified atom stereocenters. The van der Waals surface area contributed by atoms with E-state index in [4.69, 9.17) is 39.5 Å². The summed E-state index contributed by atoms with van der Waals surface area (Å²) in [4.78, 5) is 54.5. The van der Waals surface area contributed by atoms with E-state index in [1.165, 1.54) is 17.0 Å². The van der Waals surface area contributed by atoms with Crippen LogP contribution in [0.1, 0.15) is 72.1 Å². The van der Waals surface area contributed by atoms with Gasteiger partial charge in [0.1, 0.15) is 16.5 Å². The zero-order valence-electron chi connectivity index (χ0n) is 24.8. The minimum absolute atomic E-state index is 0.114. The molecule has 0 aromatic heterocycles. The van der Waals surface area contributed by atoms with Gasteiger partial charge in [0.25, 0.3) is 21.8 Å². The largest absolute Gasteiger partial charge is 0.436 e. The maximum atomic E-state index is 13.7. The molecule has 11 nitrogen and oxygen atoms in total. The minimum Gasteiger partial charge on any atom is -0.436 e. The van der Waals surface area contributed by atoms with Gasteiger partial charge in [0.15, 0.2) is 6.10 Å². The Bertz CT molecular complexity index is 1440.